The molecular weight excluding hydrogens is 445 g/mol. The maximum Gasteiger partial charge on any atom is 0.237 e. The van der Waals surface area contributed by atoms with Crippen molar-refractivity contribution in [3.05, 3.63) is 78.6 Å². The number of methoxy groups -OCH3 is 1. The molecule has 0 aliphatic heterocycles. The number of carbonyl (C=O) groups excluding carboxylic acids is 1. The molecule has 5 nitrogen and oxygen atoms in total. The van der Waals surface area contributed by atoms with Gasteiger partial charge >= 0.3 is 0 Å². The summed E-state index contributed by atoms with van der Waals surface area (Å²) in [6.45, 7) is 1.92. The third kappa shape index (κ3) is 6.45. The van der Waals surface area contributed by atoms with Crippen LogP contribution in [-0.4, -0.2) is 23.4 Å². The van der Waals surface area contributed by atoms with Crippen LogP contribution in [0.5, 0.6) is 5.75 Å². The molecule has 0 saturated carbocycles. The standard InChI is InChI=1S/C24H24FN3O2S2/c1-3-22(23(29)27-19-12-5-4-11-18(19)25)32-17-10-8-9-16(15-17)26-24(31)28-20-13-6-7-14-21(20)30-2/h4-15,22H,3H2,1-2H3,(H,27,29)(H2,26,28,31). The van der Waals surface area contributed by atoms with E-state index in [0.717, 1.165) is 16.3 Å². The van der Waals surface area contributed by atoms with Gasteiger partial charge in [-0.1, -0.05) is 37.3 Å². The monoisotopic (exact) mass is 469 g/mol. The van der Waals surface area contributed by atoms with Crippen LogP contribution in [-0.2, 0) is 4.79 Å². The van der Waals surface area contributed by atoms with E-state index in [1.807, 2.05) is 55.5 Å². The van der Waals surface area contributed by atoms with Crippen LogP contribution in [0.25, 0.3) is 0 Å². The summed E-state index contributed by atoms with van der Waals surface area (Å²) in [7, 11) is 1.60. The molecular formula is C24H24FN3O2S2. The molecule has 3 rings (SSSR count). The highest BCUT2D eigenvalue weighted by Gasteiger charge is 2.19. The van der Waals surface area contributed by atoms with Gasteiger partial charge in [0.15, 0.2) is 5.11 Å². The summed E-state index contributed by atoms with van der Waals surface area (Å²) in [5, 5.41) is 8.99. The number of carbonyl (C=O) groups is 1. The van der Waals surface area contributed by atoms with Crippen LogP contribution in [0, 0.1) is 5.82 Å². The van der Waals surface area contributed by atoms with E-state index < -0.39 is 5.82 Å². The fraction of sp³-hybridized carbons (Fsp3) is 0.167. The minimum Gasteiger partial charge on any atom is -0.495 e. The first kappa shape index (κ1) is 23.6. The Kier molecular flexibility index (Phi) is 8.47. The van der Waals surface area contributed by atoms with Crippen LogP contribution in [0.15, 0.2) is 77.7 Å². The second-order valence-electron chi connectivity index (χ2n) is 6.79. The second-order valence-corrected chi connectivity index (χ2v) is 8.48. The first-order valence-corrected chi connectivity index (χ1v) is 11.3. The van der Waals surface area contributed by atoms with E-state index in [0.29, 0.717) is 17.3 Å². The van der Waals surface area contributed by atoms with Crippen molar-refractivity contribution >= 4 is 52.1 Å². The molecule has 0 radical (unpaired) electrons. The van der Waals surface area contributed by atoms with Crippen molar-refractivity contribution in [1.82, 2.24) is 0 Å². The lowest BCUT2D eigenvalue weighted by Crippen LogP contribution is -2.25. The van der Waals surface area contributed by atoms with Crippen LogP contribution in [0.4, 0.5) is 21.5 Å². The Morgan fingerprint density at radius 1 is 1.00 bits per heavy atom. The Balaban J connectivity index is 1.63. The summed E-state index contributed by atoms with van der Waals surface area (Å²) in [6, 6.07) is 21.2. The first-order chi connectivity index (χ1) is 15.5. The molecule has 0 fully saturated rings. The normalized spacial score (nSPS) is 11.3. The Labute approximate surface area is 196 Å². The van der Waals surface area contributed by atoms with Crippen LogP contribution < -0.4 is 20.7 Å². The van der Waals surface area contributed by atoms with Crippen LogP contribution in [0.2, 0.25) is 0 Å². The lowest BCUT2D eigenvalue weighted by molar-refractivity contribution is -0.115. The summed E-state index contributed by atoms with van der Waals surface area (Å²) in [5.41, 5.74) is 1.72. The number of hydrogen-bond donors (Lipinski definition) is 3. The van der Waals surface area contributed by atoms with E-state index in [4.69, 9.17) is 17.0 Å². The molecule has 0 heterocycles. The fourth-order valence-electron chi connectivity index (χ4n) is 2.94. The molecule has 0 aliphatic carbocycles. The molecule has 8 heteroatoms. The van der Waals surface area contributed by atoms with Gasteiger partial charge in [-0.15, -0.1) is 11.8 Å². The third-order valence-electron chi connectivity index (χ3n) is 4.52. The summed E-state index contributed by atoms with van der Waals surface area (Å²) < 4.78 is 19.2. The van der Waals surface area contributed by atoms with Crippen LogP contribution >= 0.6 is 24.0 Å². The van der Waals surface area contributed by atoms with Gasteiger partial charge in [-0.2, -0.15) is 0 Å². The highest BCUT2D eigenvalue weighted by atomic mass is 32.2. The largest absolute Gasteiger partial charge is 0.495 e. The number of anilines is 3. The van der Waals surface area contributed by atoms with E-state index in [1.165, 1.54) is 17.8 Å². The SMILES string of the molecule is CCC(Sc1cccc(NC(=S)Nc2ccccc2OC)c1)C(=O)Nc1ccccc1F. The topological polar surface area (TPSA) is 62.4 Å². The van der Waals surface area contributed by atoms with Gasteiger partial charge in [-0.3, -0.25) is 4.79 Å². The van der Waals surface area contributed by atoms with Crippen molar-refractivity contribution in [3.8, 4) is 5.75 Å². The molecule has 1 amide bonds. The molecule has 1 atom stereocenters. The molecule has 3 aromatic carbocycles. The van der Waals surface area contributed by atoms with Gasteiger partial charge in [0, 0.05) is 10.6 Å². The second kappa shape index (κ2) is 11.5. The van der Waals surface area contributed by atoms with E-state index >= 15 is 0 Å². The van der Waals surface area contributed by atoms with Gasteiger partial charge in [0.25, 0.3) is 0 Å². The molecule has 0 bridgehead atoms. The fourth-order valence-corrected chi connectivity index (χ4v) is 4.18. The zero-order valence-electron chi connectivity index (χ0n) is 17.7. The Morgan fingerprint density at radius 2 is 1.72 bits per heavy atom. The predicted octanol–water partition coefficient (Wildman–Crippen LogP) is 6.15. The molecule has 0 aromatic heterocycles. The molecule has 0 spiro atoms. The van der Waals surface area contributed by atoms with Gasteiger partial charge in [0.1, 0.15) is 11.6 Å². The zero-order valence-corrected chi connectivity index (χ0v) is 19.4. The number of nitrogens with one attached hydrogen (secondary N) is 3. The van der Waals surface area contributed by atoms with Crippen molar-refractivity contribution in [2.45, 2.75) is 23.5 Å². The minimum absolute atomic E-state index is 0.180. The predicted molar refractivity (Wildman–Crippen MR) is 134 cm³/mol. The molecule has 3 N–H and O–H groups in total. The highest BCUT2D eigenvalue weighted by molar-refractivity contribution is 8.00. The number of hydrogen-bond acceptors (Lipinski definition) is 4. The summed E-state index contributed by atoms with van der Waals surface area (Å²) >= 11 is 6.84. The average Bonchev–Trinajstić information content (AvgIpc) is 2.79. The molecule has 32 heavy (non-hydrogen) atoms. The van der Waals surface area contributed by atoms with Crippen molar-refractivity contribution in [1.29, 1.82) is 0 Å². The van der Waals surface area contributed by atoms with Crippen molar-refractivity contribution in [2.75, 3.05) is 23.1 Å². The van der Waals surface area contributed by atoms with Crippen molar-refractivity contribution < 1.29 is 13.9 Å². The molecule has 3 aromatic rings. The number of thiocarbonyl (C=S) groups is 1. The Morgan fingerprint density at radius 3 is 2.44 bits per heavy atom. The van der Waals surface area contributed by atoms with Gasteiger partial charge in [-0.25, -0.2) is 4.39 Å². The third-order valence-corrected chi connectivity index (χ3v) is 6.08. The lowest BCUT2D eigenvalue weighted by Gasteiger charge is -2.16. The quantitative estimate of drug-likeness (QED) is 0.272. The molecule has 0 aliphatic rings. The number of benzene rings is 3. The average molecular weight is 470 g/mol. The van der Waals surface area contributed by atoms with Crippen LogP contribution in [0.3, 0.4) is 0 Å². The number of amides is 1. The van der Waals surface area contributed by atoms with Gasteiger partial charge < -0.3 is 20.7 Å². The number of halogens is 1. The van der Waals surface area contributed by atoms with E-state index in [2.05, 4.69) is 16.0 Å². The molecule has 1 unspecified atom stereocenters. The summed E-state index contributed by atoms with van der Waals surface area (Å²) in [4.78, 5) is 13.6. The number of ether oxygens (including phenoxy) is 1. The maximum absolute atomic E-state index is 13.9. The van der Waals surface area contributed by atoms with Crippen LogP contribution in [0.1, 0.15) is 13.3 Å². The molecule has 166 valence electrons. The number of thioether (sulfide) groups is 1. The summed E-state index contributed by atoms with van der Waals surface area (Å²) in [5.74, 6) is -0.00936. The Hall–Kier alpha value is -3.10. The number of rotatable bonds is 8. The maximum atomic E-state index is 13.9. The smallest absolute Gasteiger partial charge is 0.237 e. The zero-order chi connectivity index (χ0) is 22.9. The molecule has 0 saturated heterocycles. The van der Waals surface area contributed by atoms with Gasteiger partial charge in [-0.05, 0) is 61.1 Å². The van der Waals surface area contributed by atoms with Crippen molar-refractivity contribution in [3.63, 3.8) is 0 Å². The summed E-state index contributed by atoms with van der Waals surface area (Å²) in [6.07, 6.45) is 0.594. The van der Waals surface area contributed by atoms with E-state index in [1.54, 1.807) is 25.3 Å². The van der Waals surface area contributed by atoms with Gasteiger partial charge in [0.05, 0.1) is 23.7 Å². The highest BCUT2D eigenvalue weighted by Crippen LogP contribution is 2.29. The number of para-hydroxylation sites is 3. The first-order valence-electron chi connectivity index (χ1n) is 10.0. The van der Waals surface area contributed by atoms with Gasteiger partial charge in [0.2, 0.25) is 5.91 Å². The van der Waals surface area contributed by atoms with Crippen molar-refractivity contribution in [2.24, 2.45) is 0 Å². The Bertz CT molecular complexity index is 1090. The minimum atomic E-state index is -0.456. The van der Waals surface area contributed by atoms with E-state index in [9.17, 15) is 9.18 Å². The van der Waals surface area contributed by atoms with E-state index in [-0.39, 0.29) is 16.8 Å². The lowest BCUT2D eigenvalue weighted by atomic mass is 10.2.